The lowest BCUT2D eigenvalue weighted by Crippen LogP contribution is -2.31. The van der Waals surface area contributed by atoms with E-state index >= 15 is 0 Å². The minimum Gasteiger partial charge on any atom is -0.473 e. The van der Waals surface area contributed by atoms with E-state index in [1.165, 1.54) is 19.1 Å². The van der Waals surface area contributed by atoms with Gasteiger partial charge in [0.2, 0.25) is 5.88 Å². The van der Waals surface area contributed by atoms with Crippen molar-refractivity contribution in [3.05, 3.63) is 51.9 Å². The second-order valence-electron chi connectivity index (χ2n) is 5.68. The van der Waals surface area contributed by atoms with Crippen molar-refractivity contribution in [1.29, 1.82) is 0 Å². The summed E-state index contributed by atoms with van der Waals surface area (Å²) >= 11 is 6.26. The summed E-state index contributed by atoms with van der Waals surface area (Å²) in [6.07, 6.45) is -1.61. The second kappa shape index (κ2) is 11.5. The molecule has 0 amide bonds. The number of rotatable bonds is 11. The Labute approximate surface area is 212 Å². The predicted molar refractivity (Wildman–Crippen MR) is 127 cm³/mol. The minimum atomic E-state index is -4.57. The molecule has 0 saturated carbocycles. The van der Waals surface area contributed by atoms with Crippen molar-refractivity contribution >= 4 is 47.9 Å². The fourth-order valence-corrected chi connectivity index (χ4v) is 3.41. The molecule has 1 aromatic carbocycles. The van der Waals surface area contributed by atoms with E-state index in [9.17, 15) is 8.42 Å². The number of nitrogens with one attached hydrogen (secondary N) is 2. The van der Waals surface area contributed by atoms with E-state index in [0.717, 1.165) is 0 Å². The molecule has 0 atom stereocenters. The molecule has 0 aliphatic rings. The lowest BCUT2D eigenvalue weighted by atomic mass is 10.1. The van der Waals surface area contributed by atoms with Crippen LogP contribution in [-0.2, 0) is 10.2 Å². The maximum atomic E-state index is 12.7. The van der Waals surface area contributed by atoms with Gasteiger partial charge in [0.25, 0.3) is 10.2 Å². The lowest BCUT2D eigenvalue weighted by Gasteiger charge is -2.15. The highest BCUT2D eigenvalue weighted by molar-refractivity contribution is 9.10. The summed E-state index contributed by atoms with van der Waals surface area (Å²) in [6, 6.07) is 5.83. The molecule has 170 valence electrons. The largest absolute Gasteiger partial charge is 0.473 e. The van der Waals surface area contributed by atoms with Gasteiger partial charge in [0.15, 0.2) is 5.82 Å². The van der Waals surface area contributed by atoms with E-state index in [4.69, 9.17) is 19.1 Å². The van der Waals surface area contributed by atoms with Crippen LogP contribution in [-0.4, -0.2) is 48.0 Å². The molecule has 0 radical (unpaired) electrons. The fourth-order valence-electron chi connectivity index (χ4n) is 2.18. The van der Waals surface area contributed by atoms with Crippen LogP contribution < -0.4 is 18.9 Å². The van der Waals surface area contributed by atoms with Crippen molar-refractivity contribution in [3.8, 4) is 23.0 Å². The van der Waals surface area contributed by atoms with Gasteiger partial charge in [-0.05, 0) is 40.0 Å². The third-order valence-corrected chi connectivity index (χ3v) is 5.20. The van der Waals surface area contributed by atoms with Crippen LogP contribution in [0, 0.1) is 0 Å². The Morgan fingerprint density at radius 3 is 2.47 bits per heavy atom. The smallest absolute Gasteiger partial charge is 0.316 e. The normalized spacial score (nSPS) is 15.3. The van der Waals surface area contributed by atoms with Gasteiger partial charge in [-0.1, -0.05) is 35.0 Å². The summed E-state index contributed by atoms with van der Waals surface area (Å²) in [7, 11) is -4.57. The molecule has 0 bridgehead atoms. The molecule has 32 heavy (non-hydrogen) atoms. The third kappa shape index (κ3) is 7.08. The average molecular weight is 595 g/mol. The van der Waals surface area contributed by atoms with E-state index in [0.29, 0.717) is 4.47 Å². The highest BCUT2D eigenvalue weighted by atomic mass is 79.9. The first kappa shape index (κ1) is 16.3. The van der Waals surface area contributed by atoms with Crippen molar-refractivity contribution in [2.75, 3.05) is 24.4 Å². The Hall–Kier alpha value is -2.35. The maximum Gasteiger partial charge on any atom is 0.316 e. The van der Waals surface area contributed by atoms with Gasteiger partial charge in [0.1, 0.15) is 20.8 Å². The highest BCUT2D eigenvalue weighted by Crippen LogP contribution is 2.34. The Morgan fingerprint density at radius 2 is 1.78 bits per heavy atom. The molecule has 13 heteroatoms. The van der Waals surface area contributed by atoms with Crippen LogP contribution in [0.25, 0.3) is 11.1 Å². The van der Waals surface area contributed by atoms with Gasteiger partial charge >= 0.3 is 6.01 Å². The first-order valence-electron chi connectivity index (χ1n) is 12.3. The molecule has 3 rings (SSSR count). The molecular formula is C19H20Br2N6O4S. The lowest BCUT2D eigenvalue weighted by molar-refractivity contribution is 0.202. The van der Waals surface area contributed by atoms with Gasteiger partial charge in [-0.2, -0.15) is 13.1 Å². The number of benzene rings is 1. The zero-order valence-electron chi connectivity index (χ0n) is 23.3. The van der Waals surface area contributed by atoms with Crippen molar-refractivity contribution in [2.45, 2.75) is 13.3 Å². The maximum absolute atomic E-state index is 12.7. The Bertz CT molecular complexity index is 1450. The zero-order chi connectivity index (χ0) is 29.2. The van der Waals surface area contributed by atoms with E-state index in [1.807, 2.05) is 4.72 Å². The average Bonchev–Trinajstić information content (AvgIpc) is 2.80. The molecule has 0 spiro atoms. The van der Waals surface area contributed by atoms with Crippen molar-refractivity contribution in [1.82, 2.24) is 24.7 Å². The first-order chi connectivity index (χ1) is 18.0. The second-order valence-corrected chi connectivity index (χ2v) is 8.80. The van der Waals surface area contributed by atoms with Gasteiger partial charge < -0.3 is 9.47 Å². The number of nitrogens with zero attached hydrogens (tertiary/aromatic N) is 4. The predicted octanol–water partition coefficient (Wildman–Crippen LogP) is 3.57. The van der Waals surface area contributed by atoms with Gasteiger partial charge in [0.05, 0.1) is 15.5 Å². The topological polar surface area (TPSA) is 128 Å². The van der Waals surface area contributed by atoms with E-state index in [-0.39, 0.29) is 34.4 Å². The van der Waals surface area contributed by atoms with E-state index < -0.39 is 53.9 Å². The summed E-state index contributed by atoms with van der Waals surface area (Å²) in [5, 5.41) is 0. The summed E-state index contributed by atoms with van der Waals surface area (Å²) < 4.78 is 95.9. The molecule has 0 unspecified atom stereocenters. The summed E-state index contributed by atoms with van der Waals surface area (Å²) in [6.45, 7) is -4.36. The SMILES string of the molecule is [2H]c1nc(NS(=O)(=O)NC([2H])([2H])CC)c(-c2ccc(Br)cc2)c(OC([2H])([2H])COc2nc([2H])c(Br)c([2H])n2)n1. The molecule has 10 nitrogen and oxygen atoms in total. The molecule has 2 N–H and O–H groups in total. The highest BCUT2D eigenvalue weighted by Gasteiger charge is 2.19. The van der Waals surface area contributed by atoms with Crippen LogP contribution in [0.15, 0.2) is 51.9 Å². The molecule has 0 saturated heterocycles. The van der Waals surface area contributed by atoms with Crippen LogP contribution >= 0.6 is 31.9 Å². The van der Waals surface area contributed by atoms with Crippen LogP contribution in [0.4, 0.5) is 5.82 Å². The van der Waals surface area contributed by atoms with E-state index in [2.05, 4.69) is 56.5 Å². The van der Waals surface area contributed by atoms with Crippen LogP contribution in [0.1, 0.15) is 22.9 Å². The molecule has 2 aromatic heterocycles. The number of halogens is 2. The molecule has 0 aliphatic heterocycles. The molecule has 2 heterocycles. The fraction of sp³-hybridized carbons (Fsp3) is 0.263. The van der Waals surface area contributed by atoms with Gasteiger partial charge in [0, 0.05) is 26.1 Å². The number of ether oxygens (including phenoxy) is 2. The third-order valence-electron chi connectivity index (χ3n) is 3.44. The van der Waals surface area contributed by atoms with Crippen LogP contribution in [0.2, 0.25) is 0 Å². The Morgan fingerprint density at radius 1 is 1.06 bits per heavy atom. The van der Waals surface area contributed by atoms with Crippen LogP contribution in [0.5, 0.6) is 11.9 Å². The van der Waals surface area contributed by atoms with Crippen LogP contribution in [0.3, 0.4) is 0 Å². The molecular weight excluding hydrogens is 568 g/mol. The van der Waals surface area contributed by atoms with Gasteiger partial charge in [-0.25, -0.2) is 19.9 Å². The standard InChI is InChI=1S/C19H20Br2N6O4S/c1-2-7-26-32(28,29)27-17-16(13-3-5-14(20)6-4-13)18(25-12-24-17)30-8-9-31-19-22-10-15(21)11-23-19/h3-6,10-12,26H,2,7-9H2,1H3,(H,24,25,27)/i7D2,8D2,10D,11D,12D. The quantitative estimate of drug-likeness (QED) is 0.345. The Kier molecular flexibility index (Phi) is 5.85. The summed E-state index contributed by atoms with van der Waals surface area (Å²) in [5.41, 5.74) is 0.127. The minimum absolute atomic E-state index is 0.0219. The van der Waals surface area contributed by atoms with Gasteiger partial charge in [-0.3, -0.25) is 4.72 Å². The van der Waals surface area contributed by atoms with Gasteiger partial charge in [-0.15, -0.1) is 0 Å². The van der Waals surface area contributed by atoms with E-state index in [1.54, 1.807) is 12.1 Å². The summed E-state index contributed by atoms with van der Waals surface area (Å²) in [5.74, 6) is -1.00. The van der Waals surface area contributed by atoms with Crippen molar-refractivity contribution in [2.24, 2.45) is 0 Å². The first-order valence-corrected chi connectivity index (χ1v) is 11.9. The monoisotopic (exact) mass is 593 g/mol. The number of hydrogen-bond acceptors (Lipinski definition) is 8. The number of hydrogen-bond donors (Lipinski definition) is 2. The van der Waals surface area contributed by atoms with Crippen molar-refractivity contribution in [3.63, 3.8) is 0 Å². The molecule has 0 aliphatic carbocycles. The molecule has 3 aromatic rings. The number of anilines is 1. The molecule has 0 fully saturated rings. The van der Waals surface area contributed by atoms with Crippen molar-refractivity contribution < 1.29 is 27.5 Å². The Balaban J connectivity index is 2.00. The zero-order valence-corrected chi connectivity index (χ0v) is 20.3. The summed E-state index contributed by atoms with van der Waals surface area (Å²) in [4.78, 5) is 15.0. The number of aromatic nitrogens is 4.